The average Bonchev–Trinajstić information content (AvgIpc) is 3.25. The molecule has 0 bridgehead atoms. The molecule has 2 aromatic carbocycles. The van der Waals surface area contributed by atoms with Crippen molar-refractivity contribution in [3.05, 3.63) is 60.7 Å². The smallest absolute Gasteiger partial charge is 0.225 e. The van der Waals surface area contributed by atoms with Gasteiger partial charge in [-0.15, -0.1) is 0 Å². The van der Waals surface area contributed by atoms with E-state index >= 15 is 0 Å². The Hall–Kier alpha value is -2.95. The van der Waals surface area contributed by atoms with E-state index in [0.29, 0.717) is 6.54 Å². The van der Waals surface area contributed by atoms with Gasteiger partial charge >= 0.3 is 0 Å². The SMILES string of the molecule is CC(=O)N(CCCCn1ccnc1)C1=Nc2cccc3cccc1c23. The van der Waals surface area contributed by atoms with Gasteiger partial charge < -0.3 is 4.57 Å². The number of aromatic nitrogens is 2. The summed E-state index contributed by atoms with van der Waals surface area (Å²) in [5.41, 5.74) is 2.01. The molecule has 1 amide bonds. The van der Waals surface area contributed by atoms with Crippen molar-refractivity contribution in [2.45, 2.75) is 26.3 Å². The molecule has 0 aliphatic carbocycles. The highest BCUT2D eigenvalue weighted by Crippen LogP contribution is 2.36. The van der Waals surface area contributed by atoms with Crippen molar-refractivity contribution >= 4 is 28.2 Å². The summed E-state index contributed by atoms with van der Waals surface area (Å²) in [5.74, 6) is 0.813. The van der Waals surface area contributed by atoms with E-state index in [0.717, 1.165) is 47.2 Å². The lowest BCUT2D eigenvalue weighted by atomic mass is 10.0. The second-order valence-electron chi connectivity index (χ2n) is 6.29. The Morgan fingerprint density at radius 1 is 1.16 bits per heavy atom. The lowest BCUT2D eigenvalue weighted by Crippen LogP contribution is -2.36. The molecule has 0 spiro atoms. The normalized spacial score (nSPS) is 12.4. The van der Waals surface area contributed by atoms with Crippen molar-refractivity contribution < 1.29 is 4.79 Å². The number of amides is 1. The van der Waals surface area contributed by atoms with Crippen LogP contribution in [0.15, 0.2) is 60.1 Å². The zero-order valence-corrected chi connectivity index (χ0v) is 14.2. The largest absolute Gasteiger partial charge is 0.337 e. The highest BCUT2D eigenvalue weighted by molar-refractivity contribution is 6.21. The third kappa shape index (κ3) is 2.93. The van der Waals surface area contributed by atoms with Crippen LogP contribution in [-0.2, 0) is 11.3 Å². The van der Waals surface area contributed by atoms with Crippen LogP contribution in [0.2, 0.25) is 0 Å². The Kier molecular flexibility index (Phi) is 4.06. The number of carbonyl (C=O) groups excluding carboxylic acids is 1. The van der Waals surface area contributed by atoms with Gasteiger partial charge in [0.2, 0.25) is 5.91 Å². The molecule has 0 N–H and O–H groups in total. The van der Waals surface area contributed by atoms with Gasteiger partial charge in [-0.25, -0.2) is 9.98 Å². The molecule has 2 heterocycles. The maximum absolute atomic E-state index is 12.3. The molecule has 0 radical (unpaired) electrons. The summed E-state index contributed by atoms with van der Waals surface area (Å²) < 4.78 is 2.06. The number of hydrogen-bond donors (Lipinski definition) is 0. The van der Waals surface area contributed by atoms with Gasteiger partial charge in [0.05, 0.1) is 12.0 Å². The van der Waals surface area contributed by atoms with Crippen molar-refractivity contribution in [1.82, 2.24) is 14.5 Å². The number of amidine groups is 1. The van der Waals surface area contributed by atoms with Crippen molar-refractivity contribution in [3.63, 3.8) is 0 Å². The van der Waals surface area contributed by atoms with Crippen LogP contribution >= 0.6 is 0 Å². The third-order valence-electron chi connectivity index (χ3n) is 4.59. The molecular weight excluding hydrogens is 312 g/mol. The Morgan fingerprint density at radius 3 is 2.76 bits per heavy atom. The number of carbonyl (C=O) groups is 1. The van der Waals surface area contributed by atoms with E-state index in [1.54, 1.807) is 13.1 Å². The van der Waals surface area contributed by atoms with Gasteiger partial charge in [0.25, 0.3) is 0 Å². The third-order valence-corrected chi connectivity index (χ3v) is 4.59. The quantitative estimate of drug-likeness (QED) is 0.668. The standard InChI is InChI=1S/C20H20N4O/c1-15(25)24(12-3-2-11-23-13-10-21-14-23)20-17-8-4-6-16-7-5-9-18(22-20)19(16)17/h4-10,13-14H,2-3,11-12H2,1H3. The van der Waals surface area contributed by atoms with E-state index in [2.05, 4.69) is 27.8 Å². The molecule has 5 heteroatoms. The van der Waals surface area contributed by atoms with E-state index in [1.165, 1.54) is 0 Å². The number of benzene rings is 2. The van der Waals surface area contributed by atoms with E-state index < -0.39 is 0 Å². The summed E-state index contributed by atoms with van der Waals surface area (Å²) in [6.07, 6.45) is 7.48. The van der Waals surface area contributed by atoms with E-state index in [9.17, 15) is 4.79 Å². The summed E-state index contributed by atoms with van der Waals surface area (Å²) >= 11 is 0. The van der Waals surface area contributed by atoms with Crippen LogP contribution in [0.25, 0.3) is 10.8 Å². The van der Waals surface area contributed by atoms with Crippen LogP contribution in [0.5, 0.6) is 0 Å². The number of nitrogens with zero attached hydrogens (tertiary/aromatic N) is 4. The van der Waals surface area contributed by atoms with Gasteiger partial charge in [0.15, 0.2) is 0 Å². The number of rotatable bonds is 5. The predicted molar refractivity (Wildman–Crippen MR) is 99.0 cm³/mol. The van der Waals surface area contributed by atoms with Crippen molar-refractivity contribution in [1.29, 1.82) is 0 Å². The predicted octanol–water partition coefficient (Wildman–Crippen LogP) is 3.76. The first-order valence-corrected chi connectivity index (χ1v) is 8.59. The van der Waals surface area contributed by atoms with Crippen LogP contribution < -0.4 is 0 Å². The van der Waals surface area contributed by atoms with Gasteiger partial charge in [-0.1, -0.05) is 30.3 Å². The fraction of sp³-hybridized carbons (Fsp3) is 0.250. The Morgan fingerprint density at radius 2 is 2.00 bits per heavy atom. The second kappa shape index (κ2) is 6.51. The summed E-state index contributed by atoms with van der Waals surface area (Å²) in [6.45, 7) is 3.20. The number of aryl methyl sites for hydroxylation is 1. The highest BCUT2D eigenvalue weighted by Gasteiger charge is 2.24. The monoisotopic (exact) mass is 332 g/mol. The van der Waals surface area contributed by atoms with E-state index in [-0.39, 0.29) is 5.91 Å². The van der Waals surface area contributed by atoms with Gasteiger partial charge in [0.1, 0.15) is 5.84 Å². The van der Waals surface area contributed by atoms with Crippen LogP contribution in [0, 0.1) is 0 Å². The first-order valence-electron chi connectivity index (χ1n) is 8.59. The molecule has 0 unspecified atom stereocenters. The summed E-state index contributed by atoms with van der Waals surface area (Å²) in [6, 6.07) is 12.3. The molecule has 0 saturated carbocycles. The maximum atomic E-state index is 12.3. The molecular formula is C20H20N4O. The molecule has 0 atom stereocenters. The minimum Gasteiger partial charge on any atom is -0.337 e. The van der Waals surface area contributed by atoms with Crippen LogP contribution in [0.4, 0.5) is 5.69 Å². The van der Waals surface area contributed by atoms with E-state index in [1.807, 2.05) is 35.6 Å². The van der Waals surface area contributed by atoms with Gasteiger partial charge in [-0.05, 0) is 24.3 Å². The molecule has 1 aromatic heterocycles. The van der Waals surface area contributed by atoms with Gasteiger partial charge in [-0.2, -0.15) is 0 Å². The van der Waals surface area contributed by atoms with Crippen LogP contribution in [0.3, 0.4) is 0 Å². The summed E-state index contributed by atoms with van der Waals surface area (Å²) in [5, 5.41) is 2.31. The maximum Gasteiger partial charge on any atom is 0.225 e. The number of imidazole rings is 1. The van der Waals surface area contributed by atoms with Crippen molar-refractivity contribution in [2.24, 2.45) is 4.99 Å². The minimum absolute atomic E-state index is 0.0335. The molecule has 126 valence electrons. The topological polar surface area (TPSA) is 50.5 Å². The molecule has 0 fully saturated rings. The second-order valence-corrected chi connectivity index (χ2v) is 6.29. The van der Waals surface area contributed by atoms with Gasteiger partial charge in [-0.3, -0.25) is 9.69 Å². The zero-order chi connectivity index (χ0) is 17.2. The number of unbranched alkanes of at least 4 members (excludes halogenated alkanes) is 1. The fourth-order valence-corrected chi connectivity index (χ4v) is 3.38. The molecule has 3 aromatic rings. The van der Waals surface area contributed by atoms with Crippen LogP contribution in [-0.4, -0.2) is 32.7 Å². The first-order chi connectivity index (χ1) is 12.2. The molecule has 25 heavy (non-hydrogen) atoms. The minimum atomic E-state index is 0.0335. The molecule has 4 rings (SSSR count). The number of aliphatic imine (C=N–C) groups is 1. The average molecular weight is 332 g/mol. The molecule has 5 nitrogen and oxygen atoms in total. The Balaban J connectivity index is 1.52. The molecule has 1 aliphatic rings. The van der Waals surface area contributed by atoms with Crippen molar-refractivity contribution in [2.75, 3.05) is 6.54 Å². The van der Waals surface area contributed by atoms with E-state index in [4.69, 9.17) is 4.99 Å². The highest BCUT2D eigenvalue weighted by atomic mass is 16.2. The lowest BCUT2D eigenvalue weighted by molar-refractivity contribution is -0.125. The molecule has 1 aliphatic heterocycles. The Labute approximate surface area is 146 Å². The fourth-order valence-electron chi connectivity index (χ4n) is 3.38. The first kappa shape index (κ1) is 15.6. The summed E-state index contributed by atoms with van der Waals surface area (Å²) in [4.78, 5) is 22.9. The lowest BCUT2D eigenvalue weighted by Gasteiger charge is -2.21. The Bertz CT molecular complexity index is 938. The van der Waals surface area contributed by atoms with Gasteiger partial charge in [0, 0.05) is 43.4 Å². The number of hydrogen-bond acceptors (Lipinski definition) is 3. The van der Waals surface area contributed by atoms with Crippen molar-refractivity contribution in [3.8, 4) is 0 Å². The molecule has 0 saturated heterocycles. The van der Waals surface area contributed by atoms with Crippen LogP contribution in [0.1, 0.15) is 25.3 Å². The zero-order valence-electron chi connectivity index (χ0n) is 14.2. The summed E-state index contributed by atoms with van der Waals surface area (Å²) in [7, 11) is 0.